The van der Waals surface area contributed by atoms with Crippen LogP contribution in [0.3, 0.4) is 0 Å². The van der Waals surface area contributed by atoms with E-state index in [0.29, 0.717) is 19.0 Å². The van der Waals surface area contributed by atoms with Crippen molar-refractivity contribution in [1.82, 2.24) is 14.7 Å². The first-order valence-corrected chi connectivity index (χ1v) is 10.2. The third-order valence-electron chi connectivity index (χ3n) is 5.03. The molecular formula is C22H32N4O2. The van der Waals surface area contributed by atoms with Crippen LogP contribution in [-0.2, 0) is 17.8 Å². The molecule has 1 aliphatic heterocycles. The lowest BCUT2D eigenvalue weighted by Crippen LogP contribution is -2.40. The Kier molecular flexibility index (Phi) is 6.73. The monoisotopic (exact) mass is 384 g/mol. The molecule has 6 nitrogen and oxygen atoms in total. The smallest absolute Gasteiger partial charge is 0.323 e. The fourth-order valence-electron chi connectivity index (χ4n) is 3.57. The first kappa shape index (κ1) is 20.4. The zero-order valence-corrected chi connectivity index (χ0v) is 17.4. The van der Waals surface area contributed by atoms with E-state index in [1.54, 1.807) is 0 Å². The number of carbonyl (C=O) groups excluding carboxylic acids is 1. The van der Waals surface area contributed by atoms with E-state index < -0.39 is 0 Å². The van der Waals surface area contributed by atoms with Crippen LogP contribution in [0.4, 0.5) is 10.6 Å². The van der Waals surface area contributed by atoms with E-state index in [1.165, 1.54) is 5.56 Å². The number of urea groups is 1. The van der Waals surface area contributed by atoms with Gasteiger partial charge in [0.1, 0.15) is 5.82 Å². The first-order chi connectivity index (χ1) is 13.4. The summed E-state index contributed by atoms with van der Waals surface area (Å²) in [5, 5.41) is 7.61. The van der Waals surface area contributed by atoms with Gasteiger partial charge in [-0.3, -0.25) is 5.32 Å². The fraction of sp³-hybridized carbons (Fsp3) is 0.545. The minimum atomic E-state index is -0.108. The normalized spacial score (nSPS) is 16.5. The van der Waals surface area contributed by atoms with E-state index in [2.05, 4.69) is 43.3 Å². The van der Waals surface area contributed by atoms with E-state index in [4.69, 9.17) is 4.74 Å². The number of aromatic nitrogens is 2. The van der Waals surface area contributed by atoms with Crippen LogP contribution in [0.1, 0.15) is 43.5 Å². The van der Waals surface area contributed by atoms with Gasteiger partial charge in [-0.25, -0.2) is 9.48 Å². The molecule has 0 unspecified atom stereocenters. The summed E-state index contributed by atoms with van der Waals surface area (Å²) < 4.78 is 7.68. The van der Waals surface area contributed by atoms with Crippen LogP contribution in [-0.4, -0.2) is 40.0 Å². The van der Waals surface area contributed by atoms with Gasteiger partial charge in [-0.1, -0.05) is 38.1 Å². The van der Waals surface area contributed by atoms with Crippen molar-refractivity contribution in [1.29, 1.82) is 0 Å². The summed E-state index contributed by atoms with van der Waals surface area (Å²) in [4.78, 5) is 15.0. The summed E-state index contributed by atoms with van der Waals surface area (Å²) in [5.41, 5.74) is 3.25. The predicted octanol–water partition coefficient (Wildman–Crippen LogP) is 4.37. The molecule has 2 amide bonds. The lowest BCUT2D eigenvalue weighted by atomic mass is 10.1. The molecule has 28 heavy (non-hydrogen) atoms. The highest BCUT2D eigenvalue weighted by Gasteiger charge is 2.24. The molecule has 0 aliphatic carbocycles. The second-order valence-corrected chi connectivity index (χ2v) is 8.12. The minimum absolute atomic E-state index is 0.108. The van der Waals surface area contributed by atoms with E-state index >= 15 is 0 Å². The molecule has 152 valence electrons. The van der Waals surface area contributed by atoms with Crippen LogP contribution in [0.25, 0.3) is 0 Å². The maximum Gasteiger partial charge on any atom is 0.323 e. The maximum atomic E-state index is 13.2. The Balaban J connectivity index is 1.77. The quantitative estimate of drug-likeness (QED) is 0.771. The number of aryl methyl sites for hydroxylation is 2. The molecule has 0 saturated carbocycles. The van der Waals surface area contributed by atoms with Gasteiger partial charge in [0.2, 0.25) is 0 Å². The molecule has 3 rings (SSSR count). The molecule has 2 aromatic rings. The van der Waals surface area contributed by atoms with E-state index in [1.807, 2.05) is 34.7 Å². The van der Waals surface area contributed by atoms with Crippen LogP contribution in [0, 0.1) is 19.8 Å². The van der Waals surface area contributed by atoms with E-state index in [9.17, 15) is 4.79 Å². The SMILES string of the molecule is Cc1cc(NC(=O)N(Cc2ccccc2C)C[C@@H]2CCCO2)n(CC(C)C)n1. The van der Waals surface area contributed by atoms with Gasteiger partial charge in [-0.15, -0.1) is 0 Å². The van der Waals surface area contributed by atoms with Gasteiger partial charge in [0, 0.05) is 32.3 Å². The zero-order valence-electron chi connectivity index (χ0n) is 17.4. The van der Waals surface area contributed by atoms with Crippen LogP contribution in [0.15, 0.2) is 30.3 Å². The summed E-state index contributed by atoms with van der Waals surface area (Å²) in [7, 11) is 0. The largest absolute Gasteiger partial charge is 0.376 e. The maximum absolute atomic E-state index is 13.2. The van der Waals surface area contributed by atoms with Crippen LogP contribution in [0.5, 0.6) is 0 Å². The average Bonchev–Trinajstić information content (AvgIpc) is 3.25. The molecule has 1 N–H and O–H groups in total. The molecule has 0 radical (unpaired) electrons. The lowest BCUT2D eigenvalue weighted by Gasteiger charge is -2.26. The number of carbonyl (C=O) groups is 1. The molecule has 0 bridgehead atoms. The van der Waals surface area contributed by atoms with E-state index in [-0.39, 0.29) is 12.1 Å². The Morgan fingerprint density at radius 2 is 2.14 bits per heavy atom. The molecule has 1 aliphatic rings. The number of rotatable bonds is 7. The Morgan fingerprint density at radius 3 is 2.82 bits per heavy atom. The van der Waals surface area contributed by atoms with Crippen molar-refractivity contribution in [3.05, 3.63) is 47.2 Å². The summed E-state index contributed by atoms with van der Waals surface area (Å²) >= 11 is 0. The highest BCUT2D eigenvalue weighted by Crippen LogP contribution is 2.19. The van der Waals surface area contributed by atoms with Crippen molar-refractivity contribution < 1.29 is 9.53 Å². The number of benzene rings is 1. The van der Waals surface area contributed by atoms with Crippen molar-refractivity contribution in [2.24, 2.45) is 5.92 Å². The summed E-state index contributed by atoms with van der Waals surface area (Å²) in [5.74, 6) is 1.20. The minimum Gasteiger partial charge on any atom is -0.376 e. The Hall–Kier alpha value is -2.34. The fourth-order valence-corrected chi connectivity index (χ4v) is 3.57. The summed E-state index contributed by atoms with van der Waals surface area (Å²) in [6, 6.07) is 10.0. The number of hydrogen-bond donors (Lipinski definition) is 1. The summed E-state index contributed by atoms with van der Waals surface area (Å²) in [6.07, 6.45) is 2.17. The number of anilines is 1. The zero-order chi connectivity index (χ0) is 20.1. The second kappa shape index (κ2) is 9.24. The van der Waals surface area contributed by atoms with Crippen molar-refractivity contribution in [3.63, 3.8) is 0 Å². The number of hydrogen-bond acceptors (Lipinski definition) is 3. The van der Waals surface area contributed by atoms with Crippen molar-refractivity contribution >= 4 is 11.8 Å². The van der Waals surface area contributed by atoms with Gasteiger partial charge < -0.3 is 9.64 Å². The van der Waals surface area contributed by atoms with Gasteiger partial charge in [0.15, 0.2) is 0 Å². The van der Waals surface area contributed by atoms with E-state index in [0.717, 1.165) is 43.1 Å². The van der Waals surface area contributed by atoms with Gasteiger partial charge in [-0.05, 0) is 43.7 Å². The van der Waals surface area contributed by atoms with Crippen LogP contribution in [0.2, 0.25) is 0 Å². The molecule has 2 heterocycles. The lowest BCUT2D eigenvalue weighted by molar-refractivity contribution is 0.0818. The third-order valence-corrected chi connectivity index (χ3v) is 5.03. The molecule has 1 aromatic carbocycles. The van der Waals surface area contributed by atoms with Crippen LogP contribution >= 0.6 is 0 Å². The number of ether oxygens (including phenoxy) is 1. The molecule has 1 fully saturated rings. The Bertz CT molecular complexity index is 794. The molecule has 1 atom stereocenters. The highest BCUT2D eigenvalue weighted by atomic mass is 16.5. The standard InChI is InChI=1S/C22H32N4O2/c1-16(2)13-26-21(12-18(4)24-26)23-22(27)25(15-20-10-7-11-28-20)14-19-9-6-5-8-17(19)3/h5-6,8-9,12,16,20H,7,10-11,13-15H2,1-4H3,(H,23,27)/t20-/m0/s1. The number of nitrogens with zero attached hydrogens (tertiary/aromatic N) is 3. The Labute approximate surface area is 167 Å². The molecular weight excluding hydrogens is 352 g/mol. The average molecular weight is 385 g/mol. The molecule has 0 spiro atoms. The van der Waals surface area contributed by atoms with Crippen LogP contribution < -0.4 is 5.32 Å². The van der Waals surface area contributed by atoms with Gasteiger partial charge in [0.25, 0.3) is 0 Å². The van der Waals surface area contributed by atoms with Gasteiger partial charge >= 0.3 is 6.03 Å². The van der Waals surface area contributed by atoms with Gasteiger partial charge in [-0.2, -0.15) is 5.10 Å². The summed E-state index contributed by atoms with van der Waals surface area (Å²) in [6.45, 7) is 11.0. The van der Waals surface area contributed by atoms with Gasteiger partial charge in [0.05, 0.1) is 11.8 Å². The topological polar surface area (TPSA) is 59.4 Å². The number of nitrogens with one attached hydrogen (secondary N) is 1. The predicted molar refractivity (Wildman–Crippen MR) is 111 cm³/mol. The molecule has 1 aromatic heterocycles. The highest BCUT2D eigenvalue weighted by molar-refractivity contribution is 5.88. The van der Waals surface area contributed by atoms with Crippen molar-refractivity contribution in [2.75, 3.05) is 18.5 Å². The molecule has 6 heteroatoms. The second-order valence-electron chi connectivity index (χ2n) is 8.12. The Morgan fingerprint density at radius 1 is 1.36 bits per heavy atom. The molecule has 1 saturated heterocycles. The van der Waals surface area contributed by atoms with Crippen molar-refractivity contribution in [3.8, 4) is 0 Å². The van der Waals surface area contributed by atoms with Crippen molar-refractivity contribution in [2.45, 2.75) is 59.7 Å². The first-order valence-electron chi connectivity index (χ1n) is 10.2. The number of amides is 2. The third kappa shape index (κ3) is 5.35.